The highest BCUT2D eigenvalue weighted by Crippen LogP contribution is 2.34. The average Bonchev–Trinajstić information content (AvgIpc) is 2.54. The first-order valence-corrected chi connectivity index (χ1v) is 9.36. The summed E-state index contributed by atoms with van der Waals surface area (Å²) in [7, 11) is 0. The van der Waals surface area contributed by atoms with Crippen LogP contribution in [-0.4, -0.2) is 2.43 Å². The summed E-state index contributed by atoms with van der Waals surface area (Å²) in [4.78, 5) is 0. The highest BCUT2D eigenvalue weighted by molar-refractivity contribution is 14.3. The molecule has 0 unspecified atom stereocenters. The van der Waals surface area contributed by atoms with Crippen molar-refractivity contribution in [2.75, 3.05) is 0 Å². The van der Waals surface area contributed by atoms with Crippen LogP contribution in [0.4, 0.5) is 0 Å². The number of halogens is 2. The predicted molar refractivity (Wildman–Crippen MR) is 112 cm³/mol. The quantitative estimate of drug-likeness (QED) is 0.182. The van der Waals surface area contributed by atoms with Gasteiger partial charge in [0.05, 0.1) is 0 Å². The molecule has 100 valence electrons. The van der Waals surface area contributed by atoms with Crippen LogP contribution in [-0.2, 0) is 0 Å². The van der Waals surface area contributed by atoms with Crippen molar-refractivity contribution in [1.82, 2.24) is 0 Å². The second-order valence-electron chi connectivity index (χ2n) is 5.20. The topological polar surface area (TPSA) is 0 Å². The predicted octanol–water partition coefficient (Wildman–Crippen LogP) is 5.71. The summed E-state index contributed by atoms with van der Waals surface area (Å²) >= 11 is 4.94. The Hall–Kier alpha value is -0.815. The minimum Gasteiger partial charge on any atom is -0.127 e. The van der Waals surface area contributed by atoms with Crippen LogP contribution in [0.1, 0.15) is 0 Å². The molecule has 0 spiro atoms. The van der Waals surface area contributed by atoms with E-state index < -0.39 is 0 Å². The summed E-state index contributed by atoms with van der Waals surface area (Å²) in [5.74, 6) is 0. The van der Waals surface area contributed by atoms with Gasteiger partial charge in [0.25, 0.3) is 0 Å². The molecule has 0 N–H and O–H groups in total. The molecular weight excluding hydrogens is 481 g/mol. The number of hydrogen-bond donors (Lipinski definition) is 0. The van der Waals surface area contributed by atoms with Gasteiger partial charge in [-0.1, -0.05) is 72.2 Å². The molecular formula is C18H11BI2. The summed E-state index contributed by atoms with van der Waals surface area (Å²) in [6.45, 7) is 0. The van der Waals surface area contributed by atoms with Gasteiger partial charge in [0, 0.05) is 0 Å². The molecule has 0 atom stereocenters. The molecule has 0 aliphatic carbocycles. The molecule has 3 heteroatoms. The summed E-state index contributed by atoms with van der Waals surface area (Å²) in [6, 6.07) is 24.3. The van der Waals surface area contributed by atoms with Crippen molar-refractivity contribution in [2.45, 2.75) is 0 Å². The van der Waals surface area contributed by atoms with Crippen molar-refractivity contribution >= 4 is 85.0 Å². The van der Waals surface area contributed by atoms with Crippen LogP contribution in [0, 0.1) is 0 Å². The molecule has 0 saturated heterocycles. The van der Waals surface area contributed by atoms with Crippen LogP contribution in [0.2, 0.25) is 0 Å². The van der Waals surface area contributed by atoms with E-state index in [1.165, 1.54) is 37.8 Å². The van der Waals surface area contributed by atoms with E-state index in [9.17, 15) is 0 Å². The fourth-order valence-electron chi connectivity index (χ4n) is 3.06. The Morgan fingerprint density at radius 1 is 0.524 bits per heavy atom. The van der Waals surface area contributed by atoms with Gasteiger partial charge in [0.1, 0.15) is 0 Å². The minimum atomic E-state index is 0.495. The summed E-state index contributed by atoms with van der Waals surface area (Å²) in [6.07, 6.45) is 0. The van der Waals surface area contributed by atoms with Crippen LogP contribution in [0.3, 0.4) is 0 Å². The Balaban J connectivity index is 2.30. The maximum Gasteiger partial charge on any atom is 0.320 e. The lowest BCUT2D eigenvalue weighted by molar-refractivity contribution is 1.79. The number of benzene rings is 4. The van der Waals surface area contributed by atoms with E-state index in [2.05, 4.69) is 111 Å². The lowest BCUT2D eigenvalue weighted by Gasteiger charge is -2.11. The van der Waals surface area contributed by atoms with Crippen LogP contribution < -0.4 is 5.46 Å². The van der Waals surface area contributed by atoms with E-state index in [0.717, 1.165) is 0 Å². The molecule has 0 amide bonds. The van der Waals surface area contributed by atoms with Gasteiger partial charge in [0.15, 0.2) is 0 Å². The van der Waals surface area contributed by atoms with Crippen molar-refractivity contribution in [3.05, 3.63) is 66.7 Å². The Labute approximate surface area is 150 Å². The minimum absolute atomic E-state index is 0.495. The lowest BCUT2D eigenvalue weighted by Crippen LogP contribution is -2.15. The third-order valence-corrected chi connectivity index (χ3v) is 5.46. The van der Waals surface area contributed by atoms with Crippen LogP contribution in [0.25, 0.3) is 32.3 Å². The molecule has 4 aromatic carbocycles. The van der Waals surface area contributed by atoms with Gasteiger partial charge in [-0.2, -0.15) is 0 Å². The molecule has 0 saturated carbocycles. The second-order valence-corrected chi connectivity index (χ2v) is 10.1. The number of rotatable bonds is 1. The molecule has 4 rings (SSSR count). The van der Waals surface area contributed by atoms with Crippen LogP contribution in [0.15, 0.2) is 66.7 Å². The fourth-order valence-corrected chi connectivity index (χ4v) is 3.84. The molecule has 0 radical (unpaired) electrons. The largest absolute Gasteiger partial charge is 0.320 e. The summed E-state index contributed by atoms with van der Waals surface area (Å²) in [5, 5.41) is 8.09. The number of fused-ring (bicyclic) bond motifs is 6. The van der Waals surface area contributed by atoms with Crippen molar-refractivity contribution < 1.29 is 0 Å². The fraction of sp³-hybridized carbons (Fsp3) is 0. The molecule has 21 heavy (non-hydrogen) atoms. The third kappa shape index (κ3) is 2.25. The van der Waals surface area contributed by atoms with Crippen molar-refractivity contribution in [3.63, 3.8) is 0 Å². The van der Waals surface area contributed by atoms with Gasteiger partial charge in [-0.05, 0) is 32.3 Å². The molecule has 0 aromatic heterocycles. The average molecular weight is 492 g/mol. The van der Waals surface area contributed by atoms with Gasteiger partial charge < -0.3 is 0 Å². The molecule has 0 aliphatic heterocycles. The van der Waals surface area contributed by atoms with E-state index in [0.29, 0.717) is 2.43 Å². The zero-order chi connectivity index (χ0) is 14.4. The molecule has 0 aliphatic rings. The van der Waals surface area contributed by atoms with Crippen LogP contribution in [0.5, 0.6) is 0 Å². The van der Waals surface area contributed by atoms with Crippen molar-refractivity contribution in [1.29, 1.82) is 0 Å². The number of hydrogen-bond acceptors (Lipinski definition) is 0. The molecule has 0 bridgehead atoms. The van der Waals surface area contributed by atoms with E-state index in [-0.39, 0.29) is 0 Å². The highest BCUT2D eigenvalue weighted by atomic mass is 127. The molecule has 0 nitrogen and oxygen atoms in total. The van der Waals surface area contributed by atoms with Gasteiger partial charge in [-0.3, -0.25) is 0 Å². The monoisotopic (exact) mass is 492 g/mol. The van der Waals surface area contributed by atoms with Crippen molar-refractivity contribution in [2.24, 2.45) is 0 Å². The molecule has 0 fully saturated rings. The van der Waals surface area contributed by atoms with Crippen LogP contribution >= 0.6 is 44.7 Å². The van der Waals surface area contributed by atoms with Gasteiger partial charge in [-0.15, -0.1) is 44.7 Å². The zero-order valence-electron chi connectivity index (χ0n) is 11.2. The molecule has 0 heterocycles. The normalized spacial score (nSPS) is 11.3. The van der Waals surface area contributed by atoms with Gasteiger partial charge in [-0.25, -0.2) is 0 Å². The standard InChI is InChI=1S/C18H11BI2/c20-19(21)12-9-10-17-15-7-2-1-5-13(15)14-6-3-4-8-16(14)18(17)11-12/h1-11H. The van der Waals surface area contributed by atoms with Gasteiger partial charge in [0.2, 0.25) is 0 Å². The molecule has 4 aromatic rings. The SMILES string of the molecule is IB(I)c1ccc2c3ccccc3c3ccccc3c2c1. The lowest BCUT2D eigenvalue weighted by atomic mass is 9.88. The van der Waals surface area contributed by atoms with E-state index >= 15 is 0 Å². The first-order valence-electron chi connectivity index (χ1n) is 6.87. The first-order chi connectivity index (χ1) is 10.3. The van der Waals surface area contributed by atoms with E-state index in [4.69, 9.17) is 0 Å². The Morgan fingerprint density at radius 3 is 1.43 bits per heavy atom. The Bertz CT molecular complexity index is 941. The maximum atomic E-state index is 2.47. The summed E-state index contributed by atoms with van der Waals surface area (Å²) in [5.41, 5.74) is 1.38. The van der Waals surface area contributed by atoms with Crippen molar-refractivity contribution in [3.8, 4) is 0 Å². The smallest absolute Gasteiger partial charge is 0.127 e. The third-order valence-electron chi connectivity index (χ3n) is 4.02. The zero-order valence-corrected chi connectivity index (χ0v) is 15.5. The Kier molecular flexibility index (Phi) is 3.57. The van der Waals surface area contributed by atoms with E-state index in [1.807, 2.05) is 0 Å². The summed E-state index contributed by atoms with van der Waals surface area (Å²) < 4.78 is 0.495. The second kappa shape index (κ2) is 5.43. The first kappa shape index (κ1) is 13.8. The maximum absolute atomic E-state index is 2.47. The van der Waals surface area contributed by atoms with Gasteiger partial charge >= 0.3 is 2.43 Å². The van der Waals surface area contributed by atoms with E-state index in [1.54, 1.807) is 0 Å². The highest BCUT2D eigenvalue weighted by Gasteiger charge is 2.12. The Morgan fingerprint density at radius 2 is 0.952 bits per heavy atom.